The quantitative estimate of drug-likeness (QED) is 0.671. The number of piperidine rings is 1. The highest BCUT2D eigenvalue weighted by Gasteiger charge is 2.22. The van der Waals surface area contributed by atoms with Crippen LogP contribution in [0.25, 0.3) is 0 Å². The molecule has 0 radical (unpaired) electrons. The predicted octanol–water partition coefficient (Wildman–Crippen LogP) is 4.15. The fraction of sp³-hybridized carbons (Fsp3) is 0.316. The van der Waals surface area contributed by atoms with Crippen molar-refractivity contribution in [1.82, 2.24) is 0 Å². The molecule has 1 saturated heterocycles. The molecule has 1 fully saturated rings. The summed E-state index contributed by atoms with van der Waals surface area (Å²) >= 11 is 0. The number of nitro benzene ring substituents is 1. The van der Waals surface area contributed by atoms with Crippen LogP contribution in [0.1, 0.15) is 35.2 Å². The highest BCUT2D eigenvalue weighted by atomic mass is 16.6. The molecule has 6 heteroatoms. The van der Waals surface area contributed by atoms with Crippen molar-refractivity contribution in [3.8, 4) is 0 Å². The summed E-state index contributed by atoms with van der Waals surface area (Å²) in [7, 11) is 0. The summed E-state index contributed by atoms with van der Waals surface area (Å²) in [4.78, 5) is 25.5. The van der Waals surface area contributed by atoms with Gasteiger partial charge in [-0.25, -0.2) is 0 Å². The molecule has 0 bridgehead atoms. The summed E-state index contributed by atoms with van der Waals surface area (Å²) in [6.07, 6.45) is 3.69. The zero-order chi connectivity index (χ0) is 17.8. The summed E-state index contributed by atoms with van der Waals surface area (Å²) in [6.45, 7) is 3.74. The highest BCUT2D eigenvalue weighted by molar-refractivity contribution is 6.07. The van der Waals surface area contributed by atoms with Crippen LogP contribution in [0.15, 0.2) is 42.5 Å². The fourth-order valence-electron chi connectivity index (χ4n) is 3.19. The van der Waals surface area contributed by atoms with Gasteiger partial charge in [-0.2, -0.15) is 0 Å². The molecule has 0 aliphatic carbocycles. The SMILES string of the molecule is Cc1cccc(C(=O)Nc2ccc(N3CCCCC3)cc2)c1[N+](=O)[O-]. The van der Waals surface area contributed by atoms with Crippen molar-refractivity contribution in [2.24, 2.45) is 0 Å². The molecule has 25 heavy (non-hydrogen) atoms. The Morgan fingerprint density at radius 1 is 1.08 bits per heavy atom. The molecule has 2 aromatic carbocycles. The molecule has 1 N–H and O–H groups in total. The van der Waals surface area contributed by atoms with Crippen LogP contribution in [0.5, 0.6) is 0 Å². The summed E-state index contributed by atoms with van der Waals surface area (Å²) in [5.41, 5.74) is 2.16. The molecule has 0 spiro atoms. The number of carbonyl (C=O) groups is 1. The maximum Gasteiger partial charge on any atom is 0.285 e. The van der Waals surface area contributed by atoms with Crippen molar-refractivity contribution in [3.63, 3.8) is 0 Å². The number of nitrogens with zero attached hydrogens (tertiary/aromatic N) is 2. The van der Waals surface area contributed by atoms with Crippen molar-refractivity contribution >= 4 is 23.0 Å². The molecule has 3 rings (SSSR count). The molecular formula is C19H21N3O3. The topological polar surface area (TPSA) is 75.5 Å². The first kappa shape index (κ1) is 17.0. The summed E-state index contributed by atoms with van der Waals surface area (Å²) < 4.78 is 0. The Kier molecular flexibility index (Phi) is 4.97. The number of nitro groups is 1. The van der Waals surface area contributed by atoms with Gasteiger partial charge in [-0.3, -0.25) is 14.9 Å². The number of anilines is 2. The van der Waals surface area contributed by atoms with Gasteiger partial charge in [0.2, 0.25) is 0 Å². The van der Waals surface area contributed by atoms with Crippen molar-refractivity contribution in [3.05, 3.63) is 63.7 Å². The Morgan fingerprint density at radius 2 is 1.76 bits per heavy atom. The van der Waals surface area contributed by atoms with E-state index in [4.69, 9.17) is 0 Å². The minimum absolute atomic E-state index is 0.0742. The van der Waals surface area contributed by atoms with Crippen molar-refractivity contribution < 1.29 is 9.72 Å². The number of hydrogen-bond acceptors (Lipinski definition) is 4. The van der Waals surface area contributed by atoms with E-state index in [1.54, 1.807) is 19.1 Å². The van der Waals surface area contributed by atoms with Crippen LogP contribution in [0.3, 0.4) is 0 Å². The van der Waals surface area contributed by atoms with Crippen LogP contribution in [-0.4, -0.2) is 23.9 Å². The maximum absolute atomic E-state index is 12.5. The molecule has 2 aromatic rings. The highest BCUT2D eigenvalue weighted by Crippen LogP contribution is 2.25. The van der Waals surface area contributed by atoms with E-state index in [1.165, 1.54) is 25.3 Å². The number of para-hydroxylation sites is 1. The molecule has 1 amide bonds. The Hall–Kier alpha value is -2.89. The lowest BCUT2D eigenvalue weighted by atomic mass is 10.1. The number of aryl methyl sites for hydroxylation is 1. The molecule has 0 atom stereocenters. The second-order valence-electron chi connectivity index (χ2n) is 6.28. The van der Waals surface area contributed by atoms with Crippen LogP contribution in [-0.2, 0) is 0 Å². The van der Waals surface area contributed by atoms with Gasteiger partial charge in [0, 0.05) is 30.0 Å². The van der Waals surface area contributed by atoms with Gasteiger partial charge in [0.25, 0.3) is 11.6 Å². The predicted molar refractivity (Wildman–Crippen MR) is 98.3 cm³/mol. The third-order valence-corrected chi connectivity index (χ3v) is 4.51. The van der Waals surface area contributed by atoms with Gasteiger partial charge in [0.1, 0.15) is 5.56 Å². The Balaban J connectivity index is 1.75. The number of rotatable bonds is 4. The second kappa shape index (κ2) is 7.34. The smallest absolute Gasteiger partial charge is 0.285 e. The standard InChI is InChI=1S/C19H21N3O3/c1-14-6-5-7-17(18(14)22(24)25)19(23)20-15-8-10-16(11-9-15)21-12-3-2-4-13-21/h5-11H,2-4,12-13H2,1H3,(H,20,23). The van der Waals surface area contributed by atoms with Crippen molar-refractivity contribution in [2.45, 2.75) is 26.2 Å². The van der Waals surface area contributed by atoms with Gasteiger partial charge in [-0.05, 0) is 56.5 Å². The summed E-state index contributed by atoms with van der Waals surface area (Å²) in [5, 5.41) is 14.0. The minimum Gasteiger partial charge on any atom is -0.372 e. The lowest BCUT2D eigenvalue weighted by molar-refractivity contribution is -0.385. The van der Waals surface area contributed by atoms with E-state index in [-0.39, 0.29) is 11.3 Å². The number of carbonyl (C=O) groups excluding carboxylic acids is 1. The molecule has 1 heterocycles. The average Bonchev–Trinajstić information content (AvgIpc) is 2.62. The van der Waals surface area contributed by atoms with Crippen molar-refractivity contribution in [2.75, 3.05) is 23.3 Å². The van der Waals surface area contributed by atoms with Gasteiger partial charge in [-0.1, -0.05) is 12.1 Å². The third kappa shape index (κ3) is 3.79. The number of nitrogens with one attached hydrogen (secondary N) is 1. The van der Waals surface area contributed by atoms with Gasteiger partial charge in [-0.15, -0.1) is 0 Å². The molecule has 130 valence electrons. The molecule has 0 unspecified atom stereocenters. The first-order valence-electron chi connectivity index (χ1n) is 8.46. The zero-order valence-electron chi connectivity index (χ0n) is 14.2. The van der Waals surface area contributed by atoms with Crippen LogP contribution in [0.4, 0.5) is 17.1 Å². The molecule has 6 nitrogen and oxygen atoms in total. The molecule has 1 aliphatic rings. The van der Waals surface area contributed by atoms with Gasteiger partial charge in [0.15, 0.2) is 0 Å². The lowest BCUT2D eigenvalue weighted by Gasteiger charge is -2.28. The average molecular weight is 339 g/mol. The number of benzene rings is 2. The van der Waals surface area contributed by atoms with Crippen LogP contribution < -0.4 is 10.2 Å². The van der Waals surface area contributed by atoms with Gasteiger partial charge >= 0.3 is 0 Å². The van der Waals surface area contributed by atoms with E-state index in [2.05, 4.69) is 10.2 Å². The first-order valence-corrected chi connectivity index (χ1v) is 8.46. The van der Waals surface area contributed by atoms with Crippen molar-refractivity contribution in [1.29, 1.82) is 0 Å². The largest absolute Gasteiger partial charge is 0.372 e. The first-order chi connectivity index (χ1) is 12.1. The van der Waals surface area contributed by atoms with Gasteiger partial charge < -0.3 is 10.2 Å². The van der Waals surface area contributed by atoms with Gasteiger partial charge in [0.05, 0.1) is 4.92 Å². The van der Waals surface area contributed by atoms with E-state index in [0.717, 1.165) is 18.8 Å². The fourth-order valence-corrected chi connectivity index (χ4v) is 3.19. The van der Waals surface area contributed by atoms with Crippen LogP contribution in [0.2, 0.25) is 0 Å². The lowest BCUT2D eigenvalue weighted by Crippen LogP contribution is -2.29. The molecular weight excluding hydrogens is 318 g/mol. The van der Waals surface area contributed by atoms with Crippen LogP contribution >= 0.6 is 0 Å². The van der Waals surface area contributed by atoms with E-state index in [0.29, 0.717) is 11.3 Å². The Morgan fingerprint density at radius 3 is 2.40 bits per heavy atom. The van der Waals surface area contributed by atoms with E-state index in [9.17, 15) is 14.9 Å². The normalized spacial score (nSPS) is 14.2. The summed E-state index contributed by atoms with van der Waals surface area (Å²) in [5.74, 6) is -0.471. The van der Waals surface area contributed by atoms with E-state index in [1.807, 2.05) is 24.3 Å². The van der Waals surface area contributed by atoms with Crippen LogP contribution in [0, 0.1) is 17.0 Å². The molecule has 0 saturated carbocycles. The monoisotopic (exact) mass is 339 g/mol. The number of amides is 1. The minimum atomic E-state index is -0.510. The number of hydrogen-bond donors (Lipinski definition) is 1. The molecule has 0 aromatic heterocycles. The van der Waals surface area contributed by atoms with E-state index < -0.39 is 10.8 Å². The Bertz CT molecular complexity index is 781. The second-order valence-corrected chi connectivity index (χ2v) is 6.28. The molecule has 1 aliphatic heterocycles. The zero-order valence-corrected chi connectivity index (χ0v) is 14.2. The van der Waals surface area contributed by atoms with E-state index >= 15 is 0 Å². The Labute approximate surface area is 146 Å². The maximum atomic E-state index is 12.5. The summed E-state index contributed by atoms with van der Waals surface area (Å²) in [6, 6.07) is 12.4. The third-order valence-electron chi connectivity index (χ3n) is 4.51.